The van der Waals surface area contributed by atoms with E-state index < -0.39 is 5.54 Å². The molecule has 5 heteroatoms. The summed E-state index contributed by atoms with van der Waals surface area (Å²) in [4.78, 5) is 27.9. The van der Waals surface area contributed by atoms with E-state index in [9.17, 15) is 9.59 Å². The van der Waals surface area contributed by atoms with Gasteiger partial charge in [-0.2, -0.15) is 0 Å². The first-order chi connectivity index (χ1) is 7.94. The fourth-order valence-corrected chi connectivity index (χ4v) is 2.68. The Morgan fingerprint density at radius 3 is 2.71 bits per heavy atom. The third-order valence-electron chi connectivity index (χ3n) is 3.83. The monoisotopic (exact) mass is 239 g/mol. The van der Waals surface area contributed by atoms with E-state index in [4.69, 9.17) is 0 Å². The van der Waals surface area contributed by atoms with Crippen LogP contribution in [0.4, 0.5) is 0 Å². The summed E-state index contributed by atoms with van der Waals surface area (Å²) >= 11 is 0. The summed E-state index contributed by atoms with van der Waals surface area (Å²) in [5.41, 5.74) is -0.714. The molecule has 2 heterocycles. The van der Waals surface area contributed by atoms with Gasteiger partial charge in [0, 0.05) is 20.1 Å². The molecular formula is C12H21N3O2. The van der Waals surface area contributed by atoms with E-state index in [-0.39, 0.29) is 17.9 Å². The highest BCUT2D eigenvalue weighted by Crippen LogP contribution is 2.23. The second-order valence-electron chi connectivity index (χ2n) is 5.42. The molecule has 0 aromatic rings. The maximum atomic E-state index is 12.4. The summed E-state index contributed by atoms with van der Waals surface area (Å²) in [5.74, 6) is 0.101. The maximum absolute atomic E-state index is 12.4. The Balaban J connectivity index is 2.14. The molecule has 2 amide bonds. The molecule has 0 aromatic carbocycles. The van der Waals surface area contributed by atoms with Gasteiger partial charge in [-0.3, -0.25) is 9.59 Å². The van der Waals surface area contributed by atoms with Crippen LogP contribution in [0.25, 0.3) is 0 Å². The van der Waals surface area contributed by atoms with Crippen molar-refractivity contribution in [2.24, 2.45) is 0 Å². The van der Waals surface area contributed by atoms with Gasteiger partial charge in [0.1, 0.15) is 5.54 Å². The third kappa shape index (κ3) is 2.04. The molecule has 2 fully saturated rings. The molecule has 0 radical (unpaired) electrons. The number of piperazine rings is 1. The minimum atomic E-state index is -0.714. The molecule has 2 saturated heterocycles. The van der Waals surface area contributed by atoms with Gasteiger partial charge in [0.2, 0.25) is 11.8 Å². The fraction of sp³-hybridized carbons (Fsp3) is 0.833. The summed E-state index contributed by atoms with van der Waals surface area (Å²) < 4.78 is 0. The highest BCUT2D eigenvalue weighted by molar-refractivity contribution is 5.93. The van der Waals surface area contributed by atoms with Crippen molar-refractivity contribution in [3.05, 3.63) is 0 Å². The Kier molecular flexibility index (Phi) is 3.12. The molecule has 0 spiro atoms. The Labute approximate surface area is 102 Å². The standard InChI is InChI=1S/C12H21N3O2/c1-12(2)11(17)14(3)7-8-15(12)10(16)9-5-4-6-13-9/h9,13H,4-8H2,1-3H3/t9-/m1/s1. The number of nitrogens with zero attached hydrogens (tertiary/aromatic N) is 2. The molecule has 17 heavy (non-hydrogen) atoms. The summed E-state index contributed by atoms with van der Waals surface area (Å²) in [6, 6.07) is -0.0921. The molecule has 2 aliphatic rings. The lowest BCUT2D eigenvalue weighted by Crippen LogP contribution is -2.65. The smallest absolute Gasteiger partial charge is 0.247 e. The SMILES string of the molecule is CN1CCN(C(=O)[C@H]2CCCN2)C(C)(C)C1=O. The van der Waals surface area contributed by atoms with E-state index >= 15 is 0 Å². The molecule has 0 saturated carbocycles. The zero-order valence-electron chi connectivity index (χ0n) is 10.8. The molecule has 0 bridgehead atoms. The Hall–Kier alpha value is -1.10. The van der Waals surface area contributed by atoms with Crippen LogP contribution in [0.1, 0.15) is 26.7 Å². The predicted octanol–water partition coefficient (Wildman–Crippen LogP) is -0.182. The van der Waals surface area contributed by atoms with E-state index in [1.165, 1.54) is 0 Å². The van der Waals surface area contributed by atoms with E-state index in [1.54, 1.807) is 16.8 Å². The van der Waals surface area contributed by atoms with Crippen molar-refractivity contribution in [2.75, 3.05) is 26.7 Å². The van der Waals surface area contributed by atoms with Gasteiger partial charge < -0.3 is 15.1 Å². The minimum Gasteiger partial charge on any atom is -0.342 e. The largest absolute Gasteiger partial charge is 0.342 e. The van der Waals surface area contributed by atoms with Crippen LogP contribution in [0.2, 0.25) is 0 Å². The van der Waals surface area contributed by atoms with Crippen LogP contribution in [0.5, 0.6) is 0 Å². The number of carbonyl (C=O) groups is 2. The number of amides is 2. The summed E-state index contributed by atoms with van der Waals surface area (Å²) in [6.07, 6.45) is 1.92. The van der Waals surface area contributed by atoms with E-state index in [0.717, 1.165) is 19.4 Å². The van der Waals surface area contributed by atoms with Crippen LogP contribution in [0, 0.1) is 0 Å². The van der Waals surface area contributed by atoms with Crippen molar-refractivity contribution >= 4 is 11.8 Å². The Bertz CT molecular complexity index is 335. The van der Waals surface area contributed by atoms with Crippen molar-refractivity contribution in [1.29, 1.82) is 0 Å². The number of hydrogen-bond donors (Lipinski definition) is 1. The molecule has 0 unspecified atom stereocenters. The van der Waals surface area contributed by atoms with Crippen molar-refractivity contribution in [1.82, 2.24) is 15.1 Å². The second-order valence-corrected chi connectivity index (χ2v) is 5.42. The van der Waals surface area contributed by atoms with Crippen LogP contribution < -0.4 is 5.32 Å². The number of nitrogens with one attached hydrogen (secondary N) is 1. The molecule has 0 aliphatic carbocycles. The average molecular weight is 239 g/mol. The lowest BCUT2D eigenvalue weighted by molar-refractivity contribution is -0.158. The molecule has 1 N–H and O–H groups in total. The molecule has 2 rings (SSSR count). The average Bonchev–Trinajstić information content (AvgIpc) is 2.79. The van der Waals surface area contributed by atoms with Gasteiger partial charge in [-0.15, -0.1) is 0 Å². The second kappa shape index (κ2) is 4.29. The van der Waals surface area contributed by atoms with Crippen LogP contribution in [0.15, 0.2) is 0 Å². The van der Waals surface area contributed by atoms with Crippen LogP contribution >= 0.6 is 0 Å². The molecule has 0 aromatic heterocycles. The van der Waals surface area contributed by atoms with Crippen molar-refractivity contribution in [3.8, 4) is 0 Å². The van der Waals surface area contributed by atoms with Gasteiger partial charge in [-0.1, -0.05) is 0 Å². The van der Waals surface area contributed by atoms with E-state index in [1.807, 2.05) is 13.8 Å². The molecular weight excluding hydrogens is 218 g/mol. The van der Waals surface area contributed by atoms with Crippen LogP contribution in [-0.2, 0) is 9.59 Å². The highest BCUT2D eigenvalue weighted by atomic mass is 16.2. The van der Waals surface area contributed by atoms with Gasteiger partial charge in [0.25, 0.3) is 0 Å². The van der Waals surface area contributed by atoms with E-state index in [2.05, 4.69) is 5.32 Å². The molecule has 2 aliphatic heterocycles. The van der Waals surface area contributed by atoms with E-state index in [0.29, 0.717) is 13.1 Å². The zero-order valence-corrected chi connectivity index (χ0v) is 10.8. The van der Waals surface area contributed by atoms with Gasteiger partial charge in [-0.05, 0) is 33.2 Å². The fourth-order valence-electron chi connectivity index (χ4n) is 2.68. The number of carbonyl (C=O) groups excluding carboxylic acids is 2. The van der Waals surface area contributed by atoms with Crippen molar-refractivity contribution in [2.45, 2.75) is 38.3 Å². The van der Waals surface area contributed by atoms with Gasteiger partial charge in [-0.25, -0.2) is 0 Å². The van der Waals surface area contributed by atoms with Crippen LogP contribution in [-0.4, -0.2) is 59.9 Å². The van der Waals surface area contributed by atoms with Crippen molar-refractivity contribution in [3.63, 3.8) is 0 Å². The maximum Gasteiger partial charge on any atom is 0.247 e. The topological polar surface area (TPSA) is 52.6 Å². The third-order valence-corrected chi connectivity index (χ3v) is 3.83. The molecule has 5 nitrogen and oxygen atoms in total. The summed E-state index contributed by atoms with van der Waals surface area (Å²) in [7, 11) is 1.79. The Morgan fingerprint density at radius 2 is 2.12 bits per heavy atom. The first-order valence-corrected chi connectivity index (χ1v) is 6.25. The molecule has 96 valence electrons. The first-order valence-electron chi connectivity index (χ1n) is 6.25. The van der Waals surface area contributed by atoms with Gasteiger partial charge in [0.15, 0.2) is 0 Å². The predicted molar refractivity (Wildman–Crippen MR) is 64.5 cm³/mol. The van der Waals surface area contributed by atoms with Crippen LogP contribution in [0.3, 0.4) is 0 Å². The Morgan fingerprint density at radius 1 is 1.41 bits per heavy atom. The number of likely N-dealkylation sites (N-methyl/N-ethyl adjacent to an activating group) is 1. The zero-order chi connectivity index (χ0) is 12.6. The normalized spacial score (nSPS) is 28.6. The lowest BCUT2D eigenvalue weighted by atomic mass is 9.96. The number of hydrogen-bond acceptors (Lipinski definition) is 3. The minimum absolute atomic E-state index is 0.0232. The van der Waals surface area contributed by atoms with Gasteiger partial charge in [0.05, 0.1) is 6.04 Å². The highest BCUT2D eigenvalue weighted by Gasteiger charge is 2.44. The van der Waals surface area contributed by atoms with Gasteiger partial charge >= 0.3 is 0 Å². The molecule has 1 atom stereocenters. The first kappa shape index (κ1) is 12.4. The lowest BCUT2D eigenvalue weighted by Gasteiger charge is -2.45. The summed E-state index contributed by atoms with van der Waals surface area (Å²) in [6.45, 7) is 5.82. The number of rotatable bonds is 1. The van der Waals surface area contributed by atoms with Crippen molar-refractivity contribution < 1.29 is 9.59 Å². The summed E-state index contributed by atoms with van der Waals surface area (Å²) in [5, 5.41) is 3.20. The quantitative estimate of drug-likeness (QED) is 0.690.